The van der Waals surface area contributed by atoms with Gasteiger partial charge in [-0.2, -0.15) is 0 Å². The van der Waals surface area contributed by atoms with Crippen LogP contribution in [0.15, 0.2) is 74.9 Å². The van der Waals surface area contributed by atoms with Crippen LogP contribution in [-0.4, -0.2) is 15.5 Å². The maximum atomic E-state index is 13.6. The Morgan fingerprint density at radius 3 is 2.59 bits per heavy atom. The van der Waals surface area contributed by atoms with Crippen LogP contribution in [0.1, 0.15) is 35.9 Å². The van der Waals surface area contributed by atoms with Crippen LogP contribution in [0.25, 0.3) is 10.8 Å². The number of rotatable bonds is 7. The second-order valence-corrected chi connectivity index (χ2v) is 7.53. The van der Waals surface area contributed by atoms with Crippen LogP contribution < -0.4 is 21.9 Å². The van der Waals surface area contributed by atoms with E-state index in [1.165, 1.54) is 15.7 Å². The SMILES string of the molecule is CCCCn1c(N)c(N(Cc2ccco2)C(=O)c2ccc3ccccc3c2)c(=O)[nH]c1=O. The van der Waals surface area contributed by atoms with E-state index in [2.05, 4.69) is 4.98 Å². The minimum atomic E-state index is -0.721. The lowest BCUT2D eigenvalue weighted by Crippen LogP contribution is -2.41. The van der Waals surface area contributed by atoms with Gasteiger partial charge in [-0.15, -0.1) is 0 Å². The molecule has 0 aliphatic rings. The predicted molar refractivity (Wildman–Crippen MR) is 124 cm³/mol. The van der Waals surface area contributed by atoms with Crippen molar-refractivity contribution in [1.82, 2.24) is 9.55 Å². The summed E-state index contributed by atoms with van der Waals surface area (Å²) in [5.74, 6) is 0.00202. The first kappa shape index (κ1) is 21.2. The first-order chi connectivity index (χ1) is 15.5. The normalized spacial score (nSPS) is 11.0. The summed E-state index contributed by atoms with van der Waals surface area (Å²) >= 11 is 0. The third-order valence-corrected chi connectivity index (χ3v) is 5.35. The molecule has 0 atom stereocenters. The Balaban J connectivity index is 1.85. The van der Waals surface area contributed by atoms with Crippen LogP contribution in [0, 0.1) is 0 Å². The topological polar surface area (TPSA) is 114 Å². The first-order valence-electron chi connectivity index (χ1n) is 10.4. The van der Waals surface area contributed by atoms with E-state index in [-0.39, 0.29) is 18.1 Å². The predicted octanol–water partition coefficient (Wildman–Crippen LogP) is 3.51. The number of nitrogens with one attached hydrogen (secondary N) is 1. The van der Waals surface area contributed by atoms with Gasteiger partial charge in [-0.05, 0) is 41.5 Å². The van der Waals surface area contributed by atoms with Gasteiger partial charge in [0.1, 0.15) is 11.6 Å². The van der Waals surface area contributed by atoms with Crippen molar-refractivity contribution in [2.24, 2.45) is 0 Å². The van der Waals surface area contributed by atoms with Gasteiger partial charge in [0.25, 0.3) is 11.5 Å². The van der Waals surface area contributed by atoms with Crippen LogP contribution in [0.2, 0.25) is 0 Å². The fraction of sp³-hybridized carbons (Fsp3) is 0.208. The van der Waals surface area contributed by atoms with Gasteiger partial charge in [0.15, 0.2) is 5.69 Å². The number of nitrogen functional groups attached to an aromatic ring is 1. The van der Waals surface area contributed by atoms with Crippen molar-refractivity contribution >= 4 is 28.2 Å². The first-order valence-corrected chi connectivity index (χ1v) is 10.4. The zero-order chi connectivity index (χ0) is 22.7. The Morgan fingerprint density at radius 1 is 1.09 bits per heavy atom. The zero-order valence-corrected chi connectivity index (χ0v) is 17.7. The number of unbranched alkanes of at least 4 members (excludes halogenated alkanes) is 1. The number of aromatic amines is 1. The number of hydrogen-bond donors (Lipinski definition) is 2. The molecule has 0 unspecified atom stereocenters. The van der Waals surface area contributed by atoms with Crippen LogP contribution >= 0.6 is 0 Å². The van der Waals surface area contributed by atoms with E-state index in [1.54, 1.807) is 24.3 Å². The molecule has 0 spiro atoms. The molecule has 4 rings (SSSR count). The molecule has 0 fully saturated rings. The lowest BCUT2D eigenvalue weighted by molar-refractivity contribution is 0.0983. The highest BCUT2D eigenvalue weighted by Gasteiger charge is 2.26. The molecular weight excluding hydrogens is 408 g/mol. The largest absolute Gasteiger partial charge is 0.467 e. The molecule has 32 heavy (non-hydrogen) atoms. The van der Waals surface area contributed by atoms with Gasteiger partial charge in [-0.3, -0.25) is 24.0 Å². The Labute approximate surface area is 183 Å². The Morgan fingerprint density at radius 2 is 1.88 bits per heavy atom. The number of nitrogens with zero attached hydrogens (tertiary/aromatic N) is 2. The van der Waals surface area contributed by atoms with E-state index in [0.29, 0.717) is 24.3 Å². The van der Waals surface area contributed by atoms with Gasteiger partial charge in [-0.25, -0.2) is 4.79 Å². The standard InChI is InChI=1S/C24H24N4O4/c1-2-3-12-27-21(25)20(22(29)26-24(27)31)28(15-19-9-6-13-32-19)23(30)18-11-10-16-7-4-5-8-17(16)14-18/h4-11,13-14H,2-3,12,15,25H2,1H3,(H,26,29,31). The minimum Gasteiger partial charge on any atom is -0.467 e. The van der Waals surface area contributed by atoms with Crippen LogP contribution in [0.5, 0.6) is 0 Å². The van der Waals surface area contributed by atoms with Gasteiger partial charge >= 0.3 is 5.69 Å². The van der Waals surface area contributed by atoms with Crippen molar-refractivity contribution in [2.75, 3.05) is 10.6 Å². The number of H-pyrrole nitrogens is 1. The molecule has 0 radical (unpaired) electrons. The molecule has 1 amide bonds. The van der Waals surface area contributed by atoms with Crippen molar-refractivity contribution in [2.45, 2.75) is 32.9 Å². The summed E-state index contributed by atoms with van der Waals surface area (Å²) in [7, 11) is 0. The zero-order valence-electron chi connectivity index (χ0n) is 17.7. The quantitative estimate of drug-likeness (QED) is 0.464. The van der Waals surface area contributed by atoms with Crippen molar-refractivity contribution in [1.29, 1.82) is 0 Å². The number of carbonyl (C=O) groups excluding carboxylic acids is 1. The summed E-state index contributed by atoms with van der Waals surface area (Å²) in [4.78, 5) is 42.4. The van der Waals surface area contributed by atoms with Crippen LogP contribution in [0.4, 0.5) is 11.5 Å². The molecule has 0 saturated carbocycles. The molecule has 2 aromatic carbocycles. The summed E-state index contributed by atoms with van der Waals surface area (Å²) in [6.45, 7) is 2.31. The van der Waals surface area contributed by atoms with E-state index in [9.17, 15) is 14.4 Å². The summed E-state index contributed by atoms with van der Waals surface area (Å²) < 4.78 is 6.72. The van der Waals surface area contributed by atoms with Crippen molar-refractivity contribution in [3.05, 3.63) is 93.0 Å². The number of furan rings is 1. The molecule has 0 bridgehead atoms. The molecule has 4 aromatic rings. The molecule has 0 aliphatic carbocycles. The Bertz CT molecular complexity index is 1370. The van der Waals surface area contributed by atoms with Gasteiger partial charge < -0.3 is 10.2 Å². The third-order valence-electron chi connectivity index (χ3n) is 5.35. The van der Waals surface area contributed by atoms with Crippen LogP contribution in [0.3, 0.4) is 0 Å². The second-order valence-electron chi connectivity index (χ2n) is 7.53. The smallest absolute Gasteiger partial charge is 0.330 e. The molecule has 2 heterocycles. The fourth-order valence-electron chi connectivity index (χ4n) is 3.67. The molecule has 0 aliphatic heterocycles. The number of carbonyl (C=O) groups is 1. The lowest BCUT2D eigenvalue weighted by atomic mass is 10.1. The molecule has 164 valence electrons. The Kier molecular flexibility index (Phi) is 5.93. The second kappa shape index (κ2) is 8.97. The number of hydrogen-bond acceptors (Lipinski definition) is 5. The van der Waals surface area contributed by atoms with Crippen molar-refractivity contribution in [3.8, 4) is 0 Å². The monoisotopic (exact) mass is 432 g/mol. The van der Waals surface area contributed by atoms with E-state index in [0.717, 1.165) is 17.2 Å². The molecular formula is C24H24N4O4. The molecule has 8 heteroatoms. The van der Waals surface area contributed by atoms with Gasteiger partial charge in [0.2, 0.25) is 0 Å². The number of fused-ring (bicyclic) bond motifs is 1. The van der Waals surface area contributed by atoms with E-state index in [4.69, 9.17) is 10.2 Å². The summed E-state index contributed by atoms with van der Waals surface area (Å²) in [5.41, 5.74) is 5.28. The lowest BCUT2D eigenvalue weighted by Gasteiger charge is -2.24. The summed E-state index contributed by atoms with van der Waals surface area (Å²) in [6, 6.07) is 16.4. The maximum Gasteiger partial charge on any atom is 0.330 e. The molecule has 8 nitrogen and oxygen atoms in total. The minimum absolute atomic E-state index is 0.0160. The number of aromatic nitrogens is 2. The third kappa shape index (κ3) is 4.07. The van der Waals surface area contributed by atoms with E-state index < -0.39 is 17.2 Å². The maximum absolute atomic E-state index is 13.6. The van der Waals surface area contributed by atoms with Gasteiger partial charge in [0, 0.05) is 12.1 Å². The highest BCUT2D eigenvalue weighted by atomic mass is 16.3. The van der Waals surface area contributed by atoms with Crippen molar-refractivity contribution in [3.63, 3.8) is 0 Å². The van der Waals surface area contributed by atoms with E-state index >= 15 is 0 Å². The van der Waals surface area contributed by atoms with Crippen molar-refractivity contribution < 1.29 is 9.21 Å². The fourth-order valence-corrected chi connectivity index (χ4v) is 3.67. The average molecular weight is 432 g/mol. The van der Waals surface area contributed by atoms with E-state index in [1.807, 2.05) is 37.3 Å². The summed E-state index contributed by atoms with van der Waals surface area (Å²) in [5, 5.41) is 1.89. The van der Waals surface area contributed by atoms with Gasteiger partial charge in [0.05, 0.1) is 12.8 Å². The van der Waals surface area contributed by atoms with Gasteiger partial charge in [-0.1, -0.05) is 43.7 Å². The highest BCUT2D eigenvalue weighted by molar-refractivity contribution is 6.08. The number of amides is 1. The number of benzene rings is 2. The van der Waals surface area contributed by atoms with Crippen LogP contribution in [-0.2, 0) is 13.1 Å². The number of anilines is 2. The average Bonchev–Trinajstić information content (AvgIpc) is 3.30. The highest BCUT2D eigenvalue weighted by Crippen LogP contribution is 2.24. The summed E-state index contributed by atoms with van der Waals surface area (Å²) in [6.07, 6.45) is 3.03. The Hall–Kier alpha value is -4.07. The molecule has 0 saturated heterocycles. The molecule has 2 aromatic heterocycles. The number of nitrogens with two attached hydrogens (primary N) is 1. The molecule has 3 N–H and O–H groups in total.